The Bertz CT molecular complexity index is 462. The zero-order valence-electron chi connectivity index (χ0n) is 11.2. The predicted octanol–water partition coefficient (Wildman–Crippen LogP) is 1.70. The molecule has 0 saturated carbocycles. The third-order valence-corrected chi connectivity index (χ3v) is 2.76. The number of urea groups is 1. The summed E-state index contributed by atoms with van der Waals surface area (Å²) in [6, 6.07) is 5.63. The topological polar surface area (TPSA) is 78.9 Å². The summed E-state index contributed by atoms with van der Waals surface area (Å²) in [6.07, 6.45) is 0.320. The van der Waals surface area contributed by atoms with Gasteiger partial charge in [-0.2, -0.15) is 0 Å². The van der Waals surface area contributed by atoms with Gasteiger partial charge in [0.1, 0.15) is 11.8 Å². The second kappa shape index (κ2) is 6.63. The van der Waals surface area contributed by atoms with Crippen LogP contribution in [-0.4, -0.2) is 37.3 Å². The number of hydrogen-bond donors (Lipinski definition) is 2. The molecule has 6 nitrogen and oxygen atoms in total. The number of ether oxygens (including phenoxy) is 1. The molecule has 0 bridgehead atoms. The van der Waals surface area contributed by atoms with Gasteiger partial charge in [0.15, 0.2) is 0 Å². The quantitative estimate of drug-likeness (QED) is 0.850. The molecule has 0 fully saturated rings. The van der Waals surface area contributed by atoms with E-state index in [0.29, 0.717) is 17.9 Å². The van der Waals surface area contributed by atoms with E-state index in [1.807, 2.05) is 0 Å². The van der Waals surface area contributed by atoms with Gasteiger partial charge in [0.2, 0.25) is 0 Å². The lowest BCUT2D eigenvalue weighted by Crippen LogP contribution is -2.46. The van der Waals surface area contributed by atoms with Crippen LogP contribution in [0.15, 0.2) is 24.3 Å². The van der Waals surface area contributed by atoms with Gasteiger partial charge in [-0.15, -0.1) is 0 Å². The molecule has 0 aliphatic rings. The molecular weight excluding hydrogens is 248 g/mol. The van der Waals surface area contributed by atoms with Gasteiger partial charge in [0.05, 0.1) is 12.8 Å². The first kappa shape index (κ1) is 14.8. The van der Waals surface area contributed by atoms with E-state index in [1.54, 1.807) is 38.2 Å². The minimum Gasteiger partial charge on any atom is -0.495 e. The Kier molecular flexibility index (Phi) is 5.17. The Hall–Kier alpha value is -2.24. The van der Waals surface area contributed by atoms with Crippen LogP contribution in [0.25, 0.3) is 0 Å². The monoisotopic (exact) mass is 266 g/mol. The number of carboxylic acid groups (broad SMARTS) is 1. The first-order chi connectivity index (χ1) is 9.01. The average Bonchev–Trinajstić information content (AvgIpc) is 2.43. The molecule has 104 valence electrons. The summed E-state index contributed by atoms with van der Waals surface area (Å²) in [5.41, 5.74) is 0.572. The van der Waals surface area contributed by atoms with Crippen molar-refractivity contribution in [3.8, 4) is 5.75 Å². The van der Waals surface area contributed by atoms with Crippen LogP contribution in [0.5, 0.6) is 5.75 Å². The van der Waals surface area contributed by atoms with Crippen molar-refractivity contribution in [2.24, 2.45) is 0 Å². The van der Waals surface area contributed by atoms with Crippen molar-refractivity contribution in [2.45, 2.75) is 19.4 Å². The smallest absolute Gasteiger partial charge is 0.326 e. The maximum atomic E-state index is 12.0. The number of aliphatic carboxylic acids is 1. The molecule has 1 rings (SSSR count). The van der Waals surface area contributed by atoms with Crippen molar-refractivity contribution in [2.75, 3.05) is 19.1 Å². The van der Waals surface area contributed by atoms with Crippen molar-refractivity contribution in [1.82, 2.24) is 5.32 Å². The van der Waals surface area contributed by atoms with Gasteiger partial charge < -0.3 is 15.2 Å². The number of nitrogens with zero attached hydrogens (tertiary/aromatic N) is 1. The Labute approximate surface area is 112 Å². The SMILES string of the molecule is CC[C@@H](NC(=O)N(C)c1ccccc1OC)C(=O)O. The molecule has 1 atom stereocenters. The maximum absolute atomic E-state index is 12.0. The standard InChI is InChI=1S/C13H18N2O4/c1-4-9(12(16)17)14-13(18)15(2)10-7-5-6-8-11(10)19-3/h5-9H,4H2,1-3H3,(H,14,18)(H,16,17)/t9-/m1/s1. The van der Waals surface area contributed by atoms with Crippen LogP contribution in [0.1, 0.15) is 13.3 Å². The number of amides is 2. The summed E-state index contributed by atoms with van der Waals surface area (Å²) >= 11 is 0. The molecule has 0 aromatic heterocycles. The van der Waals surface area contributed by atoms with E-state index in [-0.39, 0.29) is 0 Å². The summed E-state index contributed by atoms with van der Waals surface area (Å²) in [5, 5.41) is 11.4. The summed E-state index contributed by atoms with van der Waals surface area (Å²) in [7, 11) is 3.07. The summed E-state index contributed by atoms with van der Waals surface area (Å²) in [5.74, 6) is -0.507. The molecule has 2 N–H and O–H groups in total. The van der Waals surface area contributed by atoms with E-state index in [9.17, 15) is 9.59 Å². The molecule has 0 saturated heterocycles. The number of nitrogens with one attached hydrogen (secondary N) is 1. The number of carbonyl (C=O) groups excluding carboxylic acids is 1. The van der Waals surface area contributed by atoms with Crippen molar-refractivity contribution in [1.29, 1.82) is 0 Å². The van der Waals surface area contributed by atoms with Gasteiger partial charge in [-0.25, -0.2) is 9.59 Å². The number of hydrogen-bond acceptors (Lipinski definition) is 3. The van der Waals surface area contributed by atoms with E-state index < -0.39 is 18.0 Å². The molecule has 1 aromatic rings. The van der Waals surface area contributed by atoms with Crippen LogP contribution in [0.3, 0.4) is 0 Å². The molecule has 0 radical (unpaired) electrons. The largest absolute Gasteiger partial charge is 0.495 e. The van der Waals surface area contributed by atoms with Gasteiger partial charge in [-0.1, -0.05) is 19.1 Å². The highest BCUT2D eigenvalue weighted by molar-refractivity contribution is 5.95. The van der Waals surface area contributed by atoms with Crippen molar-refractivity contribution in [3.05, 3.63) is 24.3 Å². The van der Waals surface area contributed by atoms with Crippen molar-refractivity contribution < 1.29 is 19.4 Å². The summed E-state index contributed by atoms with van der Waals surface area (Å²) in [6.45, 7) is 1.70. The third kappa shape index (κ3) is 3.61. The molecule has 0 unspecified atom stereocenters. The highest BCUT2D eigenvalue weighted by Gasteiger charge is 2.21. The first-order valence-electron chi connectivity index (χ1n) is 5.91. The van der Waals surface area contributed by atoms with Crippen molar-refractivity contribution >= 4 is 17.7 Å². The number of rotatable bonds is 5. The van der Waals surface area contributed by atoms with Gasteiger partial charge in [0, 0.05) is 7.05 Å². The van der Waals surface area contributed by atoms with Gasteiger partial charge in [-0.05, 0) is 18.6 Å². The van der Waals surface area contributed by atoms with E-state index in [0.717, 1.165) is 0 Å². The zero-order valence-corrected chi connectivity index (χ0v) is 11.2. The van der Waals surface area contributed by atoms with Crippen LogP contribution in [-0.2, 0) is 4.79 Å². The Morgan fingerprint density at radius 2 is 2.05 bits per heavy atom. The van der Waals surface area contributed by atoms with Crippen LogP contribution in [0.2, 0.25) is 0 Å². The van der Waals surface area contributed by atoms with Gasteiger partial charge >= 0.3 is 12.0 Å². The summed E-state index contributed by atoms with van der Waals surface area (Å²) < 4.78 is 5.16. The molecule has 0 spiro atoms. The number of methoxy groups -OCH3 is 1. The van der Waals surface area contributed by atoms with E-state index in [1.165, 1.54) is 12.0 Å². The maximum Gasteiger partial charge on any atom is 0.326 e. The van der Waals surface area contributed by atoms with Crippen LogP contribution >= 0.6 is 0 Å². The second-order valence-electron chi connectivity index (χ2n) is 3.98. The number of para-hydroxylation sites is 2. The van der Waals surface area contributed by atoms with Crippen molar-refractivity contribution in [3.63, 3.8) is 0 Å². The van der Waals surface area contributed by atoms with E-state index in [4.69, 9.17) is 9.84 Å². The molecule has 0 aliphatic carbocycles. The molecule has 6 heteroatoms. The lowest BCUT2D eigenvalue weighted by atomic mass is 10.2. The highest BCUT2D eigenvalue weighted by Crippen LogP contribution is 2.26. The molecule has 0 aliphatic heterocycles. The third-order valence-electron chi connectivity index (χ3n) is 2.76. The number of benzene rings is 1. The minimum atomic E-state index is -1.05. The Morgan fingerprint density at radius 3 is 2.58 bits per heavy atom. The van der Waals surface area contributed by atoms with Crippen LogP contribution < -0.4 is 15.0 Å². The molecule has 1 aromatic carbocycles. The zero-order chi connectivity index (χ0) is 14.4. The number of anilines is 1. The second-order valence-corrected chi connectivity index (χ2v) is 3.98. The van der Waals surface area contributed by atoms with E-state index in [2.05, 4.69) is 5.32 Å². The highest BCUT2D eigenvalue weighted by atomic mass is 16.5. The first-order valence-corrected chi connectivity index (χ1v) is 5.91. The fraction of sp³-hybridized carbons (Fsp3) is 0.385. The minimum absolute atomic E-state index is 0.320. The summed E-state index contributed by atoms with van der Waals surface area (Å²) in [4.78, 5) is 24.2. The normalized spacial score (nSPS) is 11.5. The lowest BCUT2D eigenvalue weighted by Gasteiger charge is -2.22. The lowest BCUT2D eigenvalue weighted by molar-refractivity contribution is -0.139. The van der Waals surface area contributed by atoms with Crippen LogP contribution in [0.4, 0.5) is 10.5 Å². The van der Waals surface area contributed by atoms with E-state index >= 15 is 0 Å². The molecule has 0 heterocycles. The van der Waals surface area contributed by atoms with Crippen LogP contribution in [0, 0.1) is 0 Å². The molecule has 19 heavy (non-hydrogen) atoms. The molecule has 2 amide bonds. The average molecular weight is 266 g/mol. The Balaban J connectivity index is 2.84. The predicted molar refractivity (Wildman–Crippen MR) is 71.6 cm³/mol. The Morgan fingerprint density at radius 1 is 1.42 bits per heavy atom. The number of carbonyl (C=O) groups is 2. The molecular formula is C13H18N2O4. The fourth-order valence-electron chi connectivity index (χ4n) is 1.60. The fourth-order valence-corrected chi connectivity index (χ4v) is 1.60. The van der Waals surface area contributed by atoms with Gasteiger partial charge in [-0.3, -0.25) is 4.90 Å². The number of carboxylic acids is 1. The van der Waals surface area contributed by atoms with Gasteiger partial charge in [0.25, 0.3) is 0 Å².